The molecule has 0 radical (unpaired) electrons. The quantitative estimate of drug-likeness (QED) is 0.734. The largest absolute Gasteiger partial charge is 0.488 e. The summed E-state index contributed by atoms with van der Waals surface area (Å²) in [4.78, 5) is 15.6. The number of carboxylic acids is 1. The number of carboxylic acid groups (broad SMARTS) is 1. The fourth-order valence-corrected chi connectivity index (χ4v) is 3.28. The Hall–Kier alpha value is -3.22. The van der Waals surface area contributed by atoms with Crippen molar-refractivity contribution < 1.29 is 24.9 Å². The van der Waals surface area contributed by atoms with E-state index in [1.54, 1.807) is 24.4 Å². The number of aromatic carboxylic acids is 1. The second kappa shape index (κ2) is 8.65. The molecule has 3 N–H and O–H groups in total. The van der Waals surface area contributed by atoms with Crippen LogP contribution in [0.4, 0.5) is 0 Å². The summed E-state index contributed by atoms with van der Waals surface area (Å²) < 4.78 is 12.2. The van der Waals surface area contributed by atoms with Crippen LogP contribution in [0.25, 0.3) is 0 Å². The second-order valence-electron chi connectivity index (χ2n) is 6.41. The number of hydrogen-bond acceptors (Lipinski definition) is 4. The van der Waals surface area contributed by atoms with Gasteiger partial charge in [0.2, 0.25) is 0 Å². The van der Waals surface area contributed by atoms with Crippen molar-refractivity contribution >= 4 is 5.97 Å². The Morgan fingerprint density at radius 2 is 2.00 bits per heavy atom. The van der Waals surface area contributed by atoms with Crippen molar-refractivity contribution in [2.75, 3.05) is 6.61 Å². The average molecular weight is 379 g/mol. The number of hydrogen-bond donors (Lipinski definition) is 1. The number of carbonyl (C=O) groups is 1. The molecule has 144 valence electrons. The van der Waals surface area contributed by atoms with E-state index >= 15 is 0 Å². The molecule has 1 atom stereocenters. The van der Waals surface area contributed by atoms with Crippen LogP contribution in [0.2, 0.25) is 0 Å². The lowest BCUT2D eigenvalue weighted by Crippen LogP contribution is -2.11. The third-order valence-electron chi connectivity index (χ3n) is 4.66. The molecule has 6 nitrogen and oxygen atoms in total. The van der Waals surface area contributed by atoms with Gasteiger partial charge >= 0.3 is 5.97 Å². The van der Waals surface area contributed by atoms with Crippen LogP contribution in [-0.2, 0) is 17.8 Å². The molecule has 1 aliphatic heterocycles. The molecule has 0 aliphatic carbocycles. The lowest BCUT2D eigenvalue weighted by Gasteiger charge is -2.20. The molecule has 2 heterocycles. The molecule has 0 fully saturated rings. The molecule has 4 rings (SSSR count). The number of benzene rings is 2. The minimum atomic E-state index is -0.968. The van der Waals surface area contributed by atoms with Crippen LogP contribution in [0.15, 0.2) is 67.0 Å². The average Bonchev–Trinajstić information content (AvgIpc) is 2.86. The lowest BCUT2D eigenvalue weighted by atomic mass is 9.96. The maximum Gasteiger partial charge on any atom is 0.335 e. The van der Waals surface area contributed by atoms with Crippen molar-refractivity contribution in [3.63, 3.8) is 0 Å². The molecule has 1 aliphatic rings. The minimum absolute atomic E-state index is 0. The third kappa shape index (κ3) is 4.03. The Labute approximate surface area is 162 Å². The van der Waals surface area contributed by atoms with Crippen LogP contribution >= 0.6 is 0 Å². The van der Waals surface area contributed by atoms with Gasteiger partial charge < -0.3 is 20.1 Å². The number of aromatic nitrogens is 1. The van der Waals surface area contributed by atoms with Crippen molar-refractivity contribution in [2.24, 2.45) is 0 Å². The van der Waals surface area contributed by atoms with Gasteiger partial charge in [-0.3, -0.25) is 4.98 Å². The van der Waals surface area contributed by atoms with Gasteiger partial charge in [-0.2, -0.15) is 0 Å². The first-order valence-corrected chi connectivity index (χ1v) is 8.81. The van der Waals surface area contributed by atoms with Gasteiger partial charge in [0.05, 0.1) is 12.2 Å². The first kappa shape index (κ1) is 19.5. The zero-order chi connectivity index (χ0) is 18.6. The monoisotopic (exact) mass is 379 g/mol. The van der Waals surface area contributed by atoms with E-state index in [0.717, 1.165) is 28.7 Å². The zero-order valence-electron chi connectivity index (χ0n) is 15.2. The lowest BCUT2D eigenvalue weighted by molar-refractivity contribution is 0.0694. The molecule has 0 spiro atoms. The molecule has 3 aromatic rings. The Kier molecular flexibility index (Phi) is 6.03. The highest BCUT2D eigenvalue weighted by Gasteiger charge is 2.26. The van der Waals surface area contributed by atoms with Crippen LogP contribution in [0.3, 0.4) is 0 Å². The smallest absolute Gasteiger partial charge is 0.335 e. The van der Waals surface area contributed by atoms with Crippen molar-refractivity contribution in [2.45, 2.75) is 19.1 Å². The standard InChI is InChI=1S/C22H19NO4.H2O/c24-22(25)16-7-8-20-19(12-16)21(18-6-2-1-5-17(18)14-27-20)26-11-9-15-4-3-10-23-13-15;/h1-8,10,12-13,21H,9,11,14H2,(H,24,25);1H2. The van der Waals surface area contributed by atoms with E-state index < -0.39 is 5.97 Å². The predicted octanol–water partition coefficient (Wildman–Crippen LogP) is 3.20. The maximum atomic E-state index is 11.4. The van der Waals surface area contributed by atoms with Crippen LogP contribution < -0.4 is 4.74 Å². The highest BCUT2D eigenvalue weighted by atomic mass is 16.5. The van der Waals surface area contributed by atoms with Crippen molar-refractivity contribution in [1.29, 1.82) is 0 Å². The zero-order valence-corrected chi connectivity index (χ0v) is 15.2. The van der Waals surface area contributed by atoms with E-state index in [4.69, 9.17) is 9.47 Å². The van der Waals surface area contributed by atoms with Gasteiger partial charge in [0.15, 0.2) is 0 Å². The maximum absolute atomic E-state index is 11.4. The molecule has 0 saturated heterocycles. The highest BCUT2D eigenvalue weighted by molar-refractivity contribution is 5.88. The summed E-state index contributed by atoms with van der Waals surface area (Å²) in [5.74, 6) is -0.313. The highest BCUT2D eigenvalue weighted by Crippen LogP contribution is 2.38. The van der Waals surface area contributed by atoms with Gasteiger partial charge in [-0.25, -0.2) is 4.79 Å². The number of fused-ring (bicyclic) bond motifs is 2. The van der Waals surface area contributed by atoms with Crippen LogP contribution in [0.5, 0.6) is 5.75 Å². The van der Waals surface area contributed by atoms with Crippen molar-refractivity contribution in [1.82, 2.24) is 4.98 Å². The first-order chi connectivity index (χ1) is 13.2. The fourth-order valence-electron chi connectivity index (χ4n) is 3.28. The molecule has 28 heavy (non-hydrogen) atoms. The van der Waals surface area contributed by atoms with Gasteiger partial charge in [0.25, 0.3) is 0 Å². The molecule has 1 unspecified atom stereocenters. The summed E-state index contributed by atoms with van der Waals surface area (Å²) in [6, 6.07) is 16.8. The SMILES string of the molecule is O.O=C(O)c1ccc2c(c1)C(OCCc1cccnc1)c1ccccc1CO2. The normalized spacial score (nSPS) is 14.6. The molecular weight excluding hydrogens is 358 g/mol. The molecule has 2 aromatic carbocycles. The minimum Gasteiger partial charge on any atom is -0.488 e. The number of pyridine rings is 1. The van der Waals surface area contributed by atoms with E-state index in [-0.39, 0.29) is 17.1 Å². The van der Waals surface area contributed by atoms with E-state index in [0.29, 0.717) is 19.0 Å². The predicted molar refractivity (Wildman–Crippen MR) is 104 cm³/mol. The van der Waals surface area contributed by atoms with Gasteiger partial charge in [-0.15, -0.1) is 0 Å². The van der Waals surface area contributed by atoms with E-state index in [2.05, 4.69) is 4.98 Å². The van der Waals surface area contributed by atoms with Crippen LogP contribution in [0.1, 0.15) is 38.7 Å². The summed E-state index contributed by atoms with van der Waals surface area (Å²) in [5.41, 5.74) is 4.10. The fraction of sp³-hybridized carbons (Fsp3) is 0.182. The van der Waals surface area contributed by atoms with Gasteiger partial charge in [0, 0.05) is 18.0 Å². The summed E-state index contributed by atoms with van der Waals surface area (Å²) in [6.07, 6.45) is 3.91. The van der Waals surface area contributed by atoms with E-state index in [1.807, 2.05) is 42.6 Å². The molecule has 1 aromatic heterocycles. The van der Waals surface area contributed by atoms with Gasteiger partial charge in [0.1, 0.15) is 18.5 Å². The van der Waals surface area contributed by atoms with Crippen molar-refractivity contribution in [3.8, 4) is 5.75 Å². The molecule has 0 bridgehead atoms. The first-order valence-electron chi connectivity index (χ1n) is 8.81. The van der Waals surface area contributed by atoms with E-state index in [9.17, 15) is 9.90 Å². The summed E-state index contributed by atoms with van der Waals surface area (Å²) in [7, 11) is 0. The van der Waals surface area contributed by atoms with E-state index in [1.165, 1.54) is 0 Å². The number of ether oxygens (including phenoxy) is 2. The molecular formula is C22H21NO5. The van der Waals surface area contributed by atoms with Crippen molar-refractivity contribution in [3.05, 3.63) is 94.8 Å². The Morgan fingerprint density at radius 3 is 2.79 bits per heavy atom. The molecule has 0 amide bonds. The third-order valence-corrected chi connectivity index (χ3v) is 4.66. The molecule has 6 heteroatoms. The Balaban J connectivity index is 0.00000225. The topological polar surface area (TPSA) is 100 Å². The second-order valence-corrected chi connectivity index (χ2v) is 6.41. The summed E-state index contributed by atoms with van der Waals surface area (Å²) >= 11 is 0. The summed E-state index contributed by atoms with van der Waals surface area (Å²) in [6.45, 7) is 0.916. The van der Waals surface area contributed by atoms with Gasteiger partial charge in [-0.1, -0.05) is 30.3 Å². The van der Waals surface area contributed by atoms with Gasteiger partial charge in [-0.05, 0) is 47.4 Å². The Morgan fingerprint density at radius 1 is 1.14 bits per heavy atom. The number of rotatable bonds is 5. The van der Waals surface area contributed by atoms with Crippen LogP contribution in [0, 0.1) is 0 Å². The Bertz CT molecular complexity index is 958. The molecule has 0 saturated carbocycles. The number of nitrogens with zero attached hydrogens (tertiary/aromatic N) is 1. The van der Waals surface area contributed by atoms with Crippen LogP contribution in [-0.4, -0.2) is 28.1 Å². The summed E-state index contributed by atoms with van der Waals surface area (Å²) in [5, 5.41) is 9.37.